The van der Waals surface area contributed by atoms with Gasteiger partial charge in [0.15, 0.2) is 0 Å². The van der Waals surface area contributed by atoms with Gasteiger partial charge in [0.1, 0.15) is 4.99 Å². The lowest BCUT2D eigenvalue weighted by atomic mass is 10.1. The second-order valence-corrected chi connectivity index (χ2v) is 6.58. The van der Waals surface area contributed by atoms with Crippen molar-refractivity contribution in [2.45, 2.75) is 23.8 Å². The Morgan fingerprint density at radius 2 is 2.10 bits per heavy atom. The van der Waals surface area contributed by atoms with Crippen LogP contribution < -0.4 is 11.1 Å². The predicted molar refractivity (Wildman–Crippen MR) is 81.3 cm³/mol. The number of nitrogens with one attached hydrogen (secondary N) is 1. The minimum absolute atomic E-state index is 0.135. The lowest BCUT2D eigenvalue weighted by Crippen LogP contribution is -2.20. The molecule has 0 heterocycles. The fourth-order valence-corrected chi connectivity index (χ4v) is 2.86. The molecule has 0 amide bonds. The van der Waals surface area contributed by atoms with E-state index in [-0.39, 0.29) is 15.3 Å². The monoisotopic (exact) mass is 320 g/mol. The molecule has 3 N–H and O–H groups in total. The van der Waals surface area contributed by atoms with E-state index >= 15 is 0 Å². The highest BCUT2D eigenvalue weighted by atomic mass is 32.2. The summed E-state index contributed by atoms with van der Waals surface area (Å²) in [6, 6.07) is 3.98. The van der Waals surface area contributed by atoms with Crippen molar-refractivity contribution in [2.75, 3.05) is 18.1 Å². The standard InChI is InChI=1S/C13H15F3N2S2/c1-20-12(4-5-12)7-18-8-2-3-9(11(17)19)10(6-8)13(14,15)16/h2-3,6,18H,4-5,7H2,1H3,(H2,17,19). The van der Waals surface area contributed by atoms with Crippen LogP contribution in [0, 0.1) is 0 Å². The molecule has 0 saturated heterocycles. The van der Waals surface area contributed by atoms with Crippen LogP contribution in [0.15, 0.2) is 18.2 Å². The van der Waals surface area contributed by atoms with Crippen LogP contribution in [0.5, 0.6) is 0 Å². The Labute approximate surface area is 125 Å². The topological polar surface area (TPSA) is 38.0 Å². The fourth-order valence-electron chi connectivity index (χ4n) is 1.96. The van der Waals surface area contributed by atoms with Gasteiger partial charge in [-0.25, -0.2) is 0 Å². The zero-order valence-electron chi connectivity index (χ0n) is 10.9. The van der Waals surface area contributed by atoms with Gasteiger partial charge in [0.25, 0.3) is 0 Å². The average Bonchev–Trinajstić information content (AvgIpc) is 3.15. The van der Waals surface area contributed by atoms with Crippen LogP contribution in [0.4, 0.5) is 18.9 Å². The molecule has 0 bridgehead atoms. The van der Waals surface area contributed by atoms with Gasteiger partial charge in [0.05, 0.1) is 5.56 Å². The molecule has 1 aliphatic carbocycles. The van der Waals surface area contributed by atoms with Gasteiger partial charge >= 0.3 is 6.18 Å². The lowest BCUT2D eigenvalue weighted by molar-refractivity contribution is -0.137. The van der Waals surface area contributed by atoms with E-state index in [1.807, 2.05) is 6.26 Å². The minimum Gasteiger partial charge on any atom is -0.389 e. The van der Waals surface area contributed by atoms with Gasteiger partial charge in [-0.2, -0.15) is 24.9 Å². The summed E-state index contributed by atoms with van der Waals surface area (Å²) < 4.78 is 39.2. The number of rotatable bonds is 5. The van der Waals surface area contributed by atoms with Crippen molar-refractivity contribution in [3.63, 3.8) is 0 Å². The van der Waals surface area contributed by atoms with Gasteiger partial charge in [0.2, 0.25) is 0 Å². The van der Waals surface area contributed by atoms with Crippen molar-refractivity contribution in [3.8, 4) is 0 Å². The number of hydrogen-bond acceptors (Lipinski definition) is 3. The van der Waals surface area contributed by atoms with Gasteiger partial charge in [-0.05, 0) is 37.3 Å². The number of hydrogen-bond donors (Lipinski definition) is 2. The van der Waals surface area contributed by atoms with Crippen molar-refractivity contribution >= 4 is 34.7 Å². The van der Waals surface area contributed by atoms with E-state index in [4.69, 9.17) is 5.73 Å². The number of nitrogens with two attached hydrogens (primary N) is 1. The first-order valence-electron chi connectivity index (χ1n) is 6.07. The summed E-state index contributed by atoms with van der Waals surface area (Å²) >= 11 is 6.42. The smallest absolute Gasteiger partial charge is 0.389 e. The summed E-state index contributed by atoms with van der Waals surface area (Å²) in [5.41, 5.74) is 4.86. The van der Waals surface area contributed by atoms with Crippen LogP contribution in [0.25, 0.3) is 0 Å². The third-order valence-corrected chi connectivity index (χ3v) is 5.08. The van der Waals surface area contributed by atoms with Crippen molar-refractivity contribution in [2.24, 2.45) is 5.73 Å². The number of alkyl halides is 3. The Kier molecular flexibility index (Phi) is 4.20. The number of halogens is 3. The third kappa shape index (κ3) is 3.38. The highest BCUT2D eigenvalue weighted by Gasteiger charge is 2.41. The molecule has 7 heteroatoms. The Hall–Kier alpha value is -0.950. The zero-order chi connectivity index (χ0) is 15.0. The quantitative estimate of drug-likeness (QED) is 0.812. The molecule has 0 aliphatic heterocycles. The van der Waals surface area contributed by atoms with E-state index in [1.54, 1.807) is 17.8 Å². The molecule has 0 radical (unpaired) electrons. The van der Waals surface area contributed by atoms with E-state index in [0.717, 1.165) is 18.9 Å². The fraction of sp³-hybridized carbons (Fsp3) is 0.462. The molecule has 1 aliphatic rings. The van der Waals surface area contributed by atoms with Gasteiger partial charge in [-0.15, -0.1) is 0 Å². The highest BCUT2D eigenvalue weighted by Crippen LogP contribution is 2.47. The van der Waals surface area contributed by atoms with E-state index in [1.165, 1.54) is 6.07 Å². The van der Waals surface area contributed by atoms with Crippen molar-refractivity contribution in [1.82, 2.24) is 0 Å². The molecular weight excluding hydrogens is 305 g/mol. The zero-order valence-corrected chi connectivity index (χ0v) is 12.5. The largest absolute Gasteiger partial charge is 0.417 e. The van der Waals surface area contributed by atoms with E-state index < -0.39 is 11.7 Å². The minimum atomic E-state index is -4.47. The van der Waals surface area contributed by atoms with Crippen LogP contribution >= 0.6 is 24.0 Å². The third-order valence-electron chi connectivity index (χ3n) is 3.45. The Morgan fingerprint density at radius 1 is 1.45 bits per heavy atom. The van der Waals surface area contributed by atoms with Gasteiger partial charge < -0.3 is 11.1 Å². The van der Waals surface area contributed by atoms with Crippen molar-refractivity contribution in [3.05, 3.63) is 29.3 Å². The number of anilines is 1. The number of benzene rings is 1. The first-order valence-corrected chi connectivity index (χ1v) is 7.71. The molecule has 110 valence electrons. The van der Waals surface area contributed by atoms with Crippen LogP contribution in [0.2, 0.25) is 0 Å². The molecule has 1 saturated carbocycles. The molecule has 0 spiro atoms. The molecule has 2 nitrogen and oxygen atoms in total. The number of thiocarbonyl (C=S) groups is 1. The maximum atomic E-state index is 13.0. The summed E-state index contributed by atoms with van der Waals surface area (Å²) in [4.78, 5) is -0.244. The Balaban J connectivity index is 2.21. The molecule has 20 heavy (non-hydrogen) atoms. The molecule has 1 aromatic rings. The summed E-state index contributed by atoms with van der Waals surface area (Å²) in [5, 5.41) is 3.07. The van der Waals surface area contributed by atoms with E-state index in [0.29, 0.717) is 12.2 Å². The number of thioether (sulfide) groups is 1. The molecule has 1 fully saturated rings. The Bertz CT molecular complexity index is 525. The SMILES string of the molecule is CSC1(CNc2ccc(C(N)=S)c(C(F)(F)F)c2)CC1. The summed E-state index contributed by atoms with van der Waals surface area (Å²) in [6.07, 6.45) is -0.254. The predicted octanol–water partition coefficient (Wildman–Crippen LogP) is 3.65. The summed E-state index contributed by atoms with van der Waals surface area (Å²) in [7, 11) is 0. The maximum Gasteiger partial charge on any atom is 0.417 e. The van der Waals surface area contributed by atoms with Crippen LogP contribution in [0.1, 0.15) is 24.0 Å². The van der Waals surface area contributed by atoms with Crippen LogP contribution in [-0.2, 0) is 6.18 Å². The second-order valence-electron chi connectivity index (χ2n) is 4.86. The molecule has 0 atom stereocenters. The van der Waals surface area contributed by atoms with Gasteiger partial charge in [-0.3, -0.25) is 0 Å². The Morgan fingerprint density at radius 3 is 2.55 bits per heavy atom. The van der Waals surface area contributed by atoms with Gasteiger partial charge in [0, 0.05) is 22.5 Å². The normalized spacial score (nSPS) is 16.8. The summed E-state index contributed by atoms with van der Waals surface area (Å²) in [6.45, 7) is 0.665. The van der Waals surface area contributed by atoms with E-state index in [2.05, 4.69) is 17.5 Å². The molecular formula is C13H15F3N2S2. The highest BCUT2D eigenvalue weighted by molar-refractivity contribution is 8.00. The molecule has 1 aromatic carbocycles. The first-order chi connectivity index (χ1) is 9.27. The average molecular weight is 320 g/mol. The molecule has 0 aromatic heterocycles. The molecule has 0 unspecified atom stereocenters. The molecule has 2 rings (SSSR count). The van der Waals surface area contributed by atoms with Crippen LogP contribution in [-0.4, -0.2) is 22.5 Å². The lowest BCUT2D eigenvalue weighted by Gasteiger charge is -2.17. The maximum absolute atomic E-state index is 13.0. The second kappa shape index (κ2) is 5.44. The van der Waals surface area contributed by atoms with Gasteiger partial charge in [-0.1, -0.05) is 12.2 Å². The van der Waals surface area contributed by atoms with E-state index in [9.17, 15) is 13.2 Å². The summed E-state index contributed by atoms with van der Waals surface area (Å²) in [5.74, 6) is 0. The van der Waals surface area contributed by atoms with Crippen molar-refractivity contribution in [1.29, 1.82) is 0 Å². The van der Waals surface area contributed by atoms with Crippen LogP contribution in [0.3, 0.4) is 0 Å². The first kappa shape index (κ1) is 15.4. The van der Waals surface area contributed by atoms with Crippen molar-refractivity contribution < 1.29 is 13.2 Å².